The molecule has 1 aromatic rings. The molecule has 0 spiro atoms. The fraction of sp³-hybridized carbons (Fsp3) is 0.333. The molecule has 3 nitrogen and oxygen atoms in total. The van der Waals surface area contributed by atoms with Crippen molar-refractivity contribution < 1.29 is 0 Å². The lowest BCUT2D eigenvalue weighted by Crippen LogP contribution is -2.13. The van der Waals surface area contributed by atoms with Crippen molar-refractivity contribution >= 4 is 5.84 Å². The summed E-state index contributed by atoms with van der Waals surface area (Å²) >= 11 is 0. The predicted octanol–water partition coefficient (Wildman–Crippen LogP) is 2.29. The van der Waals surface area contributed by atoms with E-state index in [9.17, 15) is 0 Å². The van der Waals surface area contributed by atoms with Crippen molar-refractivity contribution in [3.8, 4) is 6.19 Å². The molecule has 1 rings (SSSR count). The van der Waals surface area contributed by atoms with Crippen LogP contribution in [0.3, 0.4) is 0 Å². The van der Waals surface area contributed by atoms with E-state index in [2.05, 4.69) is 36.3 Å². The average molecular weight is 201 g/mol. The fourth-order valence-electron chi connectivity index (χ4n) is 1.31. The number of hydrogen-bond donors (Lipinski definition) is 1. The number of rotatable bonds is 2. The van der Waals surface area contributed by atoms with Gasteiger partial charge in [-0.05, 0) is 37.5 Å². The van der Waals surface area contributed by atoms with E-state index >= 15 is 0 Å². The zero-order chi connectivity index (χ0) is 11.3. The maximum atomic E-state index is 8.39. The van der Waals surface area contributed by atoms with Crippen molar-refractivity contribution in [2.75, 3.05) is 0 Å². The van der Waals surface area contributed by atoms with Crippen molar-refractivity contribution in [1.82, 2.24) is 5.32 Å². The van der Waals surface area contributed by atoms with Crippen LogP contribution in [-0.2, 0) is 6.54 Å². The minimum Gasteiger partial charge on any atom is -0.281 e. The van der Waals surface area contributed by atoms with Gasteiger partial charge in [0.2, 0.25) is 0 Å². The van der Waals surface area contributed by atoms with Gasteiger partial charge in [-0.15, -0.1) is 0 Å². The highest BCUT2D eigenvalue weighted by Crippen LogP contribution is 2.13. The van der Waals surface area contributed by atoms with E-state index in [1.54, 1.807) is 6.92 Å². The first-order valence-electron chi connectivity index (χ1n) is 4.86. The molecule has 15 heavy (non-hydrogen) atoms. The van der Waals surface area contributed by atoms with Crippen LogP contribution in [0.25, 0.3) is 0 Å². The van der Waals surface area contributed by atoms with E-state index in [4.69, 9.17) is 5.26 Å². The zero-order valence-electron chi connectivity index (χ0n) is 9.33. The second-order valence-corrected chi connectivity index (χ2v) is 3.50. The number of aliphatic imine (C=N–C) groups is 1. The topological polar surface area (TPSA) is 48.2 Å². The van der Waals surface area contributed by atoms with Crippen molar-refractivity contribution in [3.05, 3.63) is 34.9 Å². The molecule has 0 saturated heterocycles. The molecule has 1 N–H and O–H groups in total. The molecule has 0 heterocycles. The molecule has 1 aromatic carbocycles. The Hall–Kier alpha value is -1.82. The summed E-state index contributed by atoms with van der Waals surface area (Å²) in [6, 6.07) is 6.18. The Labute approximate surface area is 90.5 Å². The molecular weight excluding hydrogens is 186 g/mol. The molecule has 0 amide bonds. The normalized spacial score (nSPS) is 10.9. The molecule has 0 unspecified atom stereocenters. The molecule has 0 fully saturated rings. The third-order valence-electron chi connectivity index (χ3n) is 2.44. The Morgan fingerprint density at radius 3 is 2.87 bits per heavy atom. The Kier molecular flexibility index (Phi) is 3.87. The smallest absolute Gasteiger partial charge is 0.182 e. The molecule has 3 heteroatoms. The number of hydrogen-bond acceptors (Lipinski definition) is 2. The number of benzene rings is 1. The summed E-state index contributed by atoms with van der Waals surface area (Å²) in [4.78, 5) is 4.27. The van der Waals surface area contributed by atoms with Crippen LogP contribution in [0.4, 0.5) is 0 Å². The van der Waals surface area contributed by atoms with Crippen LogP contribution in [0.5, 0.6) is 0 Å². The minimum absolute atomic E-state index is 0.619. The maximum Gasteiger partial charge on any atom is 0.182 e. The van der Waals surface area contributed by atoms with E-state index in [0.717, 1.165) is 0 Å². The number of nitrogens with zero attached hydrogens (tertiary/aromatic N) is 2. The highest BCUT2D eigenvalue weighted by molar-refractivity contribution is 5.80. The minimum atomic E-state index is 0.619. The quantitative estimate of drug-likeness (QED) is 0.345. The first-order valence-corrected chi connectivity index (χ1v) is 4.86. The van der Waals surface area contributed by atoms with Crippen molar-refractivity contribution in [2.45, 2.75) is 27.3 Å². The van der Waals surface area contributed by atoms with E-state index < -0.39 is 0 Å². The van der Waals surface area contributed by atoms with Gasteiger partial charge in [-0.2, -0.15) is 5.26 Å². The van der Waals surface area contributed by atoms with Gasteiger partial charge in [0, 0.05) is 0 Å². The number of nitriles is 1. The van der Waals surface area contributed by atoms with Gasteiger partial charge in [0.05, 0.1) is 6.54 Å². The molecule has 0 aliphatic heterocycles. The number of nitrogens with one attached hydrogen (secondary N) is 1. The summed E-state index contributed by atoms with van der Waals surface area (Å²) in [5.41, 5.74) is 3.74. The van der Waals surface area contributed by atoms with Gasteiger partial charge in [0.1, 0.15) is 5.84 Å². The van der Waals surface area contributed by atoms with E-state index in [1.165, 1.54) is 16.7 Å². The van der Waals surface area contributed by atoms with Gasteiger partial charge in [-0.3, -0.25) is 10.3 Å². The van der Waals surface area contributed by atoms with Crippen LogP contribution in [-0.4, -0.2) is 5.84 Å². The number of amidine groups is 1. The standard InChI is InChI=1S/C12H15N3/c1-9-5-4-6-12(10(9)2)7-14-11(3)15-8-13/h4-6H,7H2,1-3H3,(H,14,15). The molecule has 78 valence electrons. The first kappa shape index (κ1) is 11.3. The van der Waals surface area contributed by atoms with Crippen LogP contribution in [0.1, 0.15) is 23.6 Å². The van der Waals surface area contributed by atoms with Crippen LogP contribution in [0.2, 0.25) is 0 Å². The Balaban J connectivity index is 2.78. The van der Waals surface area contributed by atoms with Crippen LogP contribution >= 0.6 is 0 Å². The van der Waals surface area contributed by atoms with Gasteiger partial charge in [0.25, 0.3) is 0 Å². The van der Waals surface area contributed by atoms with Crippen LogP contribution < -0.4 is 5.32 Å². The molecule has 0 aromatic heterocycles. The summed E-state index contributed by atoms with van der Waals surface area (Å²) in [6.07, 6.45) is 1.85. The van der Waals surface area contributed by atoms with E-state index in [-0.39, 0.29) is 0 Å². The Morgan fingerprint density at radius 2 is 2.20 bits per heavy atom. The lowest BCUT2D eigenvalue weighted by atomic mass is 10.0. The first-order chi connectivity index (χ1) is 7.15. The summed E-state index contributed by atoms with van der Waals surface area (Å²) in [7, 11) is 0. The molecule has 0 aliphatic carbocycles. The van der Waals surface area contributed by atoms with Gasteiger partial charge < -0.3 is 0 Å². The largest absolute Gasteiger partial charge is 0.281 e. The highest BCUT2D eigenvalue weighted by atomic mass is 15.0. The van der Waals surface area contributed by atoms with Gasteiger partial charge in [0.15, 0.2) is 6.19 Å². The summed E-state index contributed by atoms with van der Waals surface area (Å²) in [5.74, 6) is 0.651. The second kappa shape index (κ2) is 5.16. The molecule has 0 aliphatic rings. The van der Waals surface area contributed by atoms with Crippen LogP contribution in [0.15, 0.2) is 23.2 Å². The zero-order valence-corrected chi connectivity index (χ0v) is 9.33. The highest BCUT2D eigenvalue weighted by Gasteiger charge is 1.99. The molecule has 0 atom stereocenters. The Morgan fingerprint density at radius 1 is 1.47 bits per heavy atom. The van der Waals surface area contributed by atoms with Crippen molar-refractivity contribution in [1.29, 1.82) is 5.26 Å². The average Bonchev–Trinajstić information content (AvgIpc) is 2.21. The maximum absolute atomic E-state index is 8.39. The lowest BCUT2D eigenvalue weighted by molar-refractivity contribution is 1.02. The van der Waals surface area contributed by atoms with E-state index in [0.29, 0.717) is 12.4 Å². The van der Waals surface area contributed by atoms with Crippen molar-refractivity contribution in [3.63, 3.8) is 0 Å². The van der Waals surface area contributed by atoms with Gasteiger partial charge in [-0.25, -0.2) is 0 Å². The molecule has 0 bridgehead atoms. The van der Waals surface area contributed by atoms with Gasteiger partial charge >= 0.3 is 0 Å². The Bertz CT molecular complexity index is 413. The molecule has 0 radical (unpaired) electrons. The monoisotopic (exact) mass is 201 g/mol. The summed E-state index contributed by atoms with van der Waals surface area (Å²) < 4.78 is 0. The van der Waals surface area contributed by atoms with E-state index in [1.807, 2.05) is 12.3 Å². The predicted molar refractivity (Wildman–Crippen MR) is 61.5 cm³/mol. The summed E-state index contributed by atoms with van der Waals surface area (Å²) in [6.45, 7) is 6.58. The summed E-state index contributed by atoms with van der Waals surface area (Å²) in [5, 5.41) is 10.9. The molecule has 0 saturated carbocycles. The molecular formula is C12H15N3. The van der Waals surface area contributed by atoms with Crippen molar-refractivity contribution in [2.24, 2.45) is 4.99 Å². The SMILES string of the molecule is CC(=NCc1cccc(C)c1C)NC#N. The fourth-order valence-corrected chi connectivity index (χ4v) is 1.31. The van der Waals surface area contributed by atoms with Gasteiger partial charge in [-0.1, -0.05) is 18.2 Å². The van der Waals surface area contributed by atoms with Crippen LogP contribution in [0, 0.1) is 25.3 Å². The second-order valence-electron chi connectivity index (χ2n) is 3.50. The lowest BCUT2D eigenvalue weighted by Gasteiger charge is -2.06. The number of aryl methyl sites for hydroxylation is 1. The third-order valence-corrected chi connectivity index (χ3v) is 2.44. The third kappa shape index (κ3) is 3.10.